The van der Waals surface area contributed by atoms with E-state index in [-0.39, 0.29) is 35.8 Å². The fourth-order valence-electron chi connectivity index (χ4n) is 2.04. The predicted molar refractivity (Wildman–Crippen MR) is 110 cm³/mol. The Morgan fingerprint density at radius 1 is 1.30 bits per heavy atom. The summed E-state index contributed by atoms with van der Waals surface area (Å²) in [4.78, 5) is 18.2. The molecule has 5 nitrogen and oxygen atoms in total. The number of hydrogen-bond acceptors (Lipinski definition) is 3. The van der Waals surface area contributed by atoms with E-state index in [9.17, 15) is 4.79 Å². The molecular weight excluding hydrogens is 423 g/mol. The van der Waals surface area contributed by atoms with Crippen LogP contribution in [0.3, 0.4) is 0 Å². The van der Waals surface area contributed by atoms with Crippen LogP contribution in [0.5, 0.6) is 0 Å². The number of nitrogens with two attached hydrogens (primary N) is 1. The minimum absolute atomic E-state index is 0. The number of carbonyl (C=O) groups is 1. The summed E-state index contributed by atoms with van der Waals surface area (Å²) in [6.45, 7) is 6.26. The van der Waals surface area contributed by atoms with E-state index in [1.165, 1.54) is 0 Å². The van der Waals surface area contributed by atoms with E-state index < -0.39 is 0 Å². The van der Waals surface area contributed by atoms with Crippen LogP contribution in [0.15, 0.2) is 29.3 Å². The zero-order valence-corrected chi connectivity index (χ0v) is 16.8. The van der Waals surface area contributed by atoms with Gasteiger partial charge in [0.15, 0.2) is 5.96 Å². The van der Waals surface area contributed by atoms with Crippen LogP contribution in [-0.2, 0) is 11.3 Å². The van der Waals surface area contributed by atoms with Gasteiger partial charge in [0.05, 0.1) is 6.54 Å². The third kappa shape index (κ3) is 6.58. The highest BCUT2D eigenvalue weighted by Crippen LogP contribution is 2.12. The maximum absolute atomic E-state index is 11.6. The first-order valence-electron chi connectivity index (χ1n) is 7.58. The fourth-order valence-corrected chi connectivity index (χ4v) is 2.95. The van der Waals surface area contributed by atoms with Gasteiger partial charge in [0.25, 0.3) is 0 Å². The number of aliphatic imine (C=N–C) groups is 1. The summed E-state index contributed by atoms with van der Waals surface area (Å²) >= 11 is 1.95. The minimum Gasteiger partial charge on any atom is -0.370 e. The number of thioether (sulfide) groups is 1. The lowest BCUT2D eigenvalue weighted by atomic mass is 10.2. The molecule has 1 aliphatic rings. The maximum Gasteiger partial charge on any atom is 0.226 e. The summed E-state index contributed by atoms with van der Waals surface area (Å²) in [6, 6.07) is 7.75. The molecule has 2 rings (SSSR count). The van der Waals surface area contributed by atoms with Gasteiger partial charge in [-0.2, -0.15) is 11.8 Å². The number of guanidine groups is 1. The van der Waals surface area contributed by atoms with Gasteiger partial charge in [0.2, 0.25) is 5.91 Å². The van der Waals surface area contributed by atoms with Crippen molar-refractivity contribution in [3.8, 4) is 0 Å². The summed E-state index contributed by atoms with van der Waals surface area (Å²) in [7, 11) is 0. The number of anilines is 1. The highest BCUT2D eigenvalue weighted by molar-refractivity contribution is 14.0. The Labute approximate surface area is 159 Å². The van der Waals surface area contributed by atoms with Crippen molar-refractivity contribution < 1.29 is 4.79 Å². The van der Waals surface area contributed by atoms with Gasteiger partial charge in [0, 0.05) is 36.2 Å². The van der Waals surface area contributed by atoms with Crippen LogP contribution < -0.4 is 11.1 Å². The zero-order chi connectivity index (χ0) is 15.9. The molecule has 128 valence electrons. The number of rotatable bonds is 4. The van der Waals surface area contributed by atoms with Gasteiger partial charge in [-0.3, -0.25) is 4.79 Å². The van der Waals surface area contributed by atoms with Gasteiger partial charge in [0.1, 0.15) is 0 Å². The molecule has 0 radical (unpaired) electrons. The lowest BCUT2D eigenvalue weighted by Crippen LogP contribution is -2.42. The number of amides is 1. The van der Waals surface area contributed by atoms with Crippen LogP contribution >= 0.6 is 35.7 Å². The summed E-state index contributed by atoms with van der Waals surface area (Å²) in [5.74, 6) is 2.85. The highest BCUT2D eigenvalue weighted by atomic mass is 127. The molecule has 1 aromatic rings. The molecule has 1 saturated heterocycles. The van der Waals surface area contributed by atoms with E-state index >= 15 is 0 Å². The smallest absolute Gasteiger partial charge is 0.226 e. The predicted octanol–water partition coefficient (Wildman–Crippen LogP) is 2.76. The number of hydrogen-bond donors (Lipinski definition) is 2. The molecule has 23 heavy (non-hydrogen) atoms. The molecule has 0 aromatic heterocycles. The van der Waals surface area contributed by atoms with Crippen molar-refractivity contribution in [2.45, 2.75) is 20.4 Å². The average Bonchev–Trinajstić information content (AvgIpc) is 2.54. The van der Waals surface area contributed by atoms with E-state index in [1.54, 1.807) is 0 Å². The molecule has 0 unspecified atom stereocenters. The standard InChI is InChI=1S/C16H24N4OS.HI/c1-12(2)15(21)19-14-5-3-13(4-6-14)11-18-16(17)20-7-9-22-10-8-20;/h3-6,12H,7-11H2,1-2H3,(H2,17,18)(H,19,21);1H. The first kappa shape index (κ1) is 20.1. The first-order valence-corrected chi connectivity index (χ1v) is 8.74. The van der Waals surface area contributed by atoms with Crippen LogP contribution in [-0.4, -0.2) is 41.4 Å². The monoisotopic (exact) mass is 448 g/mol. The third-order valence-corrected chi connectivity index (χ3v) is 4.45. The van der Waals surface area contributed by atoms with Gasteiger partial charge >= 0.3 is 0 Å². The maximum atomic E-state index is 11.6. The Morgan fingerprint density at radius 3 is 2.48 bits per heavy atom. The van der Waals surface area contributed by atoms with Gasteiger partial charge in [-0.25, -0.2) is 4.99 Å². The Morgan fingerprint density at radius 2 is 1.91 bits per heavy atom. The largest absolute Gasteiger partial charge is 0.370 e. The van der Waals surface area contributed by atoms with Crippen molar-refractivity contribution in [3.63, 3.8) is 0 Å². The van der Waals surface area contributed by atoms with E-state index in [4.69, 9.17) is 5.73 Å². The topological polar surface area (TPSA) is 70.7 Å². The van der Waals surface area contributed by atoms with Crippen molar-refractivity contribution in [3.05, 3.63) is 29.8 Å². The quantitative estimate of drug-likeness (QED) is 0.422. The molecule has 7 heteroatoms. The molecule has 0 atom stereocenters. The van der Waals surface area contributed by atoms with E-state index in [2.05, 4.69) is 15.2 Å². The number of nitrogens with one attached hydrogen (secondary N) is 1. The Balaban J connectivity index is 0.00000264. The van der Waals surface area contributed by atoms with Gasteiger partial charge in [-0.15, -0.1) is 24.0 Å². The van der Waals surface area contributed by atoms with Crippen LogP contribution in [0.1, 0.15) is 19.4 Å². The number of carbonyl (C=O) groups excluding carboxylic acids is 1. The summed E-state index contributed by atoms with van der Waals surface area (Å²) in [5, 5.41) is 2.88. The summed E-state index contributed by atoms with van der Waals surface area (Å²) < 4.78 is 0. The highest BCUT2D eigenvalue weighted by Gasteiger charge is 2.12. The average molecular weight is 448 g/mol. The number of halogens is 1. The normalized spacial score (nSPS) is 15.3. The van der Waals surface area contributed by atoms with Gasteiger partial charge < -0.3 is 16.0 Å². The Kier molecular flexibility index (Phi) is 8.75. The molecule has 0 bridgehead atoms. The van der Waals surface area contributed by atoms with Crippen LogP contribution in [0, 0.1) is 5.92 Å². The second kappa shape index (κ2) is 10.0. The van der Waals surface area contributed by atoms with Crippen LogP contribution in [0.2, 0.25) is 0 Å². The third-order valence-electron chi connectivity index (χ3n) is 3.50. The molecule has 0 spiro atoms. The molecule has 1 aromatic carbocycles. The first-order chi connectivity index (χ1) is 10.6. The van der Waals surface area contributed by atoms with Crippen molar-refractivity contribution >= 4 is 53.3 Å². The second-order valence-electron chi connectivity index (χ2n) is 5.61. The molecule has 1 fully saturated rings. The molecule has 0 aliphatic carbocycles. The van der Waals surface area contributed by atoms with Crippen molar-refractivity contribution in [2.75, 3.05) is 29.9 Å². The van der Waals surface area contributed by atoms with Crippen molar-refractivity contribution in [1.29, 1.82) is 0 Å². The van der Waals surface area contributed by atoms with E-state index in [0.717, 1.165) is 35.8 Å². The van der Waals surface area contributed by atoms with Gasteiger partial charge in [-0.05, 0) is 17.7 Å². The Hall–Kier alpha value is -0.960. The van der Waals surface area contributed by atoms with E-state index in [1.807, 2.05) is 49.9 Å². The lowest BCUT2D eigenvalue weighted by Gasteiger charge is -2.27. The number of benzene rings is 1. The molecule has 1 aliphatic heterocycles. The van der Waals surface area contributed by atoms with Gasteiger partial charge in [-0.1, -0.05) is 26.0 Å². The van der Waals surface area contributed by atoms with Crippen LogP contribution in [0.4, 0.5) is 5.69 Å². The lowest BCUT2D eigenvalue weighted by molar-refractivity contribution is -0.118. The minimum atomic E-state index is -0.0215. The molecule has 1 amide bonds. The summed E-state index contributed by atoms with van der Waals surface area (Å²) in [5.41, 5.74) is 7.93. The zero-order valence-electron chi connectivity index (χ0n) is 13.6. The van der Waals surface area contributed by atoms with E-state index in [0.29, 0.717) is 12.5 Å². The van der Waals surface area contributed by atoms with Crippen molar-refractivity contribution in [2.24, 2.45) is 16.6 Å². The number of nitrogens with zero attached hydrogens (tertiary/aromatic N) is 2. The fraction of sp³-hybridized carbons (Fsp3) is 0.500. The molecule has 0 saturated carbocycles. The molecule has 1 heterocycles. The summed E-state index contributed by atoms with van der Waals surface area (Å²) in [6.07, 6.45) is 0. The molecular formula is C16H25IN4OS. The Bertz CT molecular complexity index is 527. The van der Waals surface area contributed by atoms with Crippen molar-refractivity contribution in [1.82, 2.24) is 4.90 Å². The van der Waals surface area contributed by atoms with Crippen LogP contribution in [0.25, 0.3) is 0 Å². The second-order valence-corrected chi connectivity index (χ2v) is 6.84. The molecule has 3 N–H and O–H groups in total. The SMILES string of the molecule is CC(C)C(=O)Nc1ccc(CN=C(N)N2CCSCC2)cc1.I.